The van der Waals surface area contributed by atoms with Crippen LogP contribution in [0.15, 0.2) is 79.0 Å². The van der Waals surface area contributed by atoms with Crippen LogP contribution in [-0.2, 0) is 17.2 Å². The van der Waals surface area contributed by atoms with E-state index in [0.29, 0.717) is 76.8 Å². The summed E-state index contributed by atoms with van der Waals surface area (Å²) in [6.07, 6.45) is 9.61. The van der Waals surface area contributed by atoms with E-state index >= 15 is 0 Å². The molecule has 9 rings (SSSR count). The molecule has 0 saturated heterocycles. The normalized spacial score (nSPS) is 23.2. The van der Waals surface area contributed by atoms with E-state index in [0.717, 1.165) is 112 Å². The molecule has 0 bridgehead atoms. The van der Waals surface area contributed by atoms with Crippen molar-refractivity contribution in [2.45, 2.75) is 146 Å². The maximum atomic E-state index is 13.0. The molecule has 4 aliphatic rings. The second-order valence-corrected chi connectivity index (χ2v) is 23.2. The lowest BCUT2D eigenvalue weighted by Crippen LogP contribution is -2.47. The fourth-order valence-electron chi connectivity index (χ4n) is 12.1. The van der Waals surface area contributed by atoms with Gasteiger partial charge in [-0.15, -0.1) is 0 Å². The van der Waals surface area contributed by atoms with Gasteiger partial charge in [-0.3, -0.25) is 14.0 Å². The Morgan fingerprint density at radius 1 is 0.851 bits per heavy atom. The number of carbonyl (C=O) groups is 1. The molecule has 5 aromatic rings. The van der Waals surface area contributed by atoms with Crippen LogP contribution >= 0.6 is 0 Å². The summed E-state index contributed by atoms with van der Waals surface area (Å²) in [7, 11) is 1.87. The van der Waals surface area contributed by atoms with Crippen LogP contribution in [-0.4, -0.2) is 81.3 Å². The Bertz CT molecular complexity index is 2770. The molecule has 402 valence electrons. The van der Waals surface area contributed by atoms with E-state index in [9.17, 15) is 41.2 Å². The summed E-state index contributed by atoms with van der Waals surface area (Å²) >= 11 is 0. The maximum absolute atomic E-state index is 13.0. The van der Waals surface area contributed by atoms with E-state index in [1.807, 2.05) is 60.7 Å². The number of nitrogens with zero attached hydrogens (tertiary/aromatic N) is 1. The average molecular weight is 1050 g/mol. The van der Waals surface area contributed by atoms with Crippen molar-refractivity contribution in [3.63, 3.8) is 0 Å². The lowest BCUT2D eigenvalue weighted by Gasteiger charge is -2.53. The first kappa shape index (κ1) is 55.2. The smallest absolute Gasteiger partial charge is 0.453 e. The van der Waals surface area contributed by atoms with Gasteiger partial charge in [0.1, 0.15) is 23.9 Å². The second kappa shape index (κ2) is 23.5. The maximum Gasteiger partial charge on any atom is 0.453 e. The lowest BCUT2D eigenvalue weighted by molar-refractivity contribution is -0.284. The first-order chi connectivity index (χ1) is 35.3. The number of aromatic nitrogens is 1. The van der Waals surface area contributed by atoms with E-state index in [2.05, 4.69) is 23.3 Å². The zero-order chi connectivity index (χ0) is 52.8. The number of aromatic hydroxyl groups is 1. The summed E-state index contributed by atoms with van der Waals surface area (Å²) in [5.41, 5.74) is 10.0. The van der Waals surface area contributed by atoms with Crippen molar-refractivity contribution in [1.29, 1.82) is 0 Å². The van der Waals surface area contributed by atoms with E-state index in [1.54, 1.807) is 26.4 Å². The fourth-order valence-corrected chi connectivity index (χ4v) is 13.3. The number of alkyl halides is 5. The van der Waals surface area contributed by atoms with Crippen LogP contribution in [0.5, 0.6) is 28.7 Å². The Labute approximate surface area is 433 Å². The predicted octanol–water partition coefficient (Wildman–Crippen LogP) is 13.1. The van der Waals surface area contributed by atoms with Gasteiger partial charge >= 0.3 is 12.1 Å². The standard InChI is InChI=1S/C32H47F5O3S.C26H25N3O4/c1-30-17-15-26-25-12-11-24(38)21-23(25)20-22(29(26)27(30)13-14-28(30)39)10-7-5-3-2-4-6-8-18-41(40)19-9-16-31(33,34)32(35,36)37;1-28-25(30)19-5-3-4-16-12-17(6-7-18(16)19)33-22-8-11-29-21-14-24(23(31-2)13-20(21)22)32-15-26(27)9-10-26/h11-12,21-22,26-29,38-39H,2-10,13-20H2,1H3;3-8,11-14H,9-10,15,27H2,1-2H3,(H,28,30)/t22-,26-,27+,28+,29-,30+,41?;/m1./s1. The molecule has 10 nitrogen and oxygen atoms in total. The quantitative estimate of drug-likeness (QED) is 0.0415. The van der Waals surface area contributed by atoms with Crippen LogP contribution < -0.4 is 25.3 Å². The van der Waals surface area contributed by atoms with Gasteiger partial charge in [0, 0.05) is 59.0 Å². The molecule has 3 saturated carbocycles. The highest BCUT2D eigenvalue weighted by Crippen LogP contribution is 2.63. The monoisotopic (exact) mass is 1050 g/mol. The summed E-state index contributed by atoms with van der Waals surface area (Å²) in [6, 6.07) is 22.7. The van der Waals surface area contributed by atoms with Crippen LogP contribution in [0.3, 0.4) is 0 Å². The number of phenolic OH excluding ortho intramolecular Hbond substituents is 1. The van der Waals surface area contributed by atoms with Gasteiger partial charge in [0.2, 0.25) is 0 Å². The first-order valence-electron chi connectivity index (χ1n) is 26.4. The van der Waals surface area contributed by atoms with E-state index in [1.165, 1.54) is 11.1 Å². The molecular weight excluding hydrogens is 978 g/mol. The molecule has 3 fully saturated rings. The summed E-state index contributed by atoms with van der Waals surface area (Å²) < 4.78 is 92.3. The van der Waals surface area contributed by atoms with E-state index in [4.69, 9.17) is 19.9 Å². The van der Waals surface area contributed by atoms with Gasteiger partial charge in [0.25, 0.3) is 5.91 Å². The highest BCUT2D eigenvalue weighted by atomic mass is 32.2. The van der Waals surface area contributed by atoms with Crippen molar-refractivity contribution < 1.29 is 55.4 Å². The topological polar surface area (TPSA) is 153 Å². The fraction of sp³-hybridized carbons (Fsp3) is 0.552. The predicted molar refractivity (Wildman–Crippen MR) is 280 cm³/mol. The van der Waals surface area contributed by atoms with Gasteiger partial charge in [-0.05, 0) is 164 Å². The molecule has 1 unspecified atom stereocenters. The minimum Gasteiger partial charge on any atom is -0.508 e. The molecule has 0 aliphatic heterocycles. The molecule has 4 aromatic carbocycles. The zero-order valence-corrected chi connectivity index (χ0v) is 43.6. The molecule has 16 heteroatoms. The Morgan fingerprint density at radius 3 is 2.32 bits per heavy atom. The SMILES string of the molecule is CNC(=O)c1cccc2cc(Oc3ccnc4cc(OCC5(N)CC5)c(OC)cc34)ccc12.C[C@]12CC[C@@H]3c4ccc(O)cc4C[C@@H](CCCCCCCCCS(=O)CCCC(F)(F)C(F)(F)F)[C@H]3[C@@H]1CC[C@@H]2O. The number of pyridine rings is 1. The molecule has 74 heavy (non-hydrogen) atoms. The average Bonchev–Trinajstić information content (AvgIpc) is 4.04. The molecule has 1 heterocycles. The number of phenols is 1. The molecule has 0 radical (unpaired) electrons. The largest absolute Gasteiger partial charge is 0.508 e. The van der Waals surface area contributed by atoms with Crippen molar-refractivity contribution in [3.05, 3.63) is 95.7 Å². The van der Waals surface area contributed by atoms with Crippen molar-refractivity contribution in [2.75, 3.05) is 32.3 Å². The van der Waals surface area contributed by atoms with Gasteiger partial charge < -0.3 is 35.5 Å². The Kier molecular flexibility index (Phi) is 17.5. The number of halogens is 5. The van der Waals surface area contributed by atoms with Gasteiger partial charge in [0.05, 0.1) is 24.3 Å². The van der Waals surface area contributed by atoms with E-state index < -0.39 is 35.7 Å². The number of hydrogen-bond donors (Lipinski definition) is 4. The summed E-state index contributed by atoms with van der Waals surface area (Å²) in [5.74, 6) is 0.466. The molecule has 0 spiro atoms. The number of ether oxygens (including phenoxy) is 3. The van der Waals surface area contributed by atoms with Crippen molar-refractivity contribution in [2.24, 2.45) is 28.9 Å². The number of methoxy groups -OCH3 is 1. The molecule has 7 atom stereocenters. The number of amides is 1. The molecule has 1 aromatic heterocycles. The highest BCUT2D eigenvalue weighted by Gasteiger charge is 2.57. The highest BCUT2D eigenvalue weighted by molar-refractivity contribution is 7.84. The van der Waals surface area contributed by atoms with Crippen LogP contribution in [0.25, 0.3) is 21.7 Å². The van der Waals surface area contributed by atoms with Crippen molar-refractivity contribution in [1.82, 2.24) is 10.3 Å². The second-order valence-electron chi connectivity index (χ2n) is 21.5. The van der Waals surface area contributed by atoms with Gasteiger partial charge in [-0.25, -0.2) is 0 Å². The third kappa shape index (κ3) is 12.8. The van der Waals surface area contributed by atoms with Crippen molar-refractivity contribution in [3.8, 4) is 28.7 Å². The van der Waals surface area contributed by atoms with Gasteiger partial charge in [-0.1, -0.05) is 63.6 Å². The number of hydrogen-bond acceptors (Lipinski definition) is 9. The number of aliphatic hydroxyl groups is 1. The van der Waals surface area contributed by atoms with Crippen LogP contribution in [0.4, 0.5) is 22.0 Å². The summed E-state index contributed by atoms with van der Waals surface area (Å²) in [6.45, 7) is 2.75. The Morgan fingerprint density at radius 2 is 1.59 bits per heavy atom. The van der Waals surface area contributed by atoms with Crippen molar-refractivity contribution >= 4 is 38.4 Å². The number of rotatable bonds is 21. The number of fused-ring (bicyclic) bond motifs is 7. The first-order valence-corrected chi connectivity index (χ1v) is 27.9. The van der Waals surface area contributed by atoms with Gasteiger partial charge in [0.15, 0.2) is 11.5 Å². The number of unbranched alkanes of at least 4 members (excludes halogenated alkanes) is 6. The number of benzene rings is 4. The number of nitrogens with two attached hydrogens (primary N) is 1. The molecule has 1 amide bonds. The summed E-state index contributed by atoms with van der Waals surface area (Å²) in [5, 5.41) is 26.2. The van der Waals surface area contributed by atoms with E-state index in [-0.39, 0.29) is 28.7 Å². The molecule has 4 aliphatic carbocycles. The lowest BCUT2D eigenvalue weighted by atomic mass is 9.52. The number of nitrogens with one attached hydrogen (secondary N) is 1. The minimum absolute atomic E-state index is 0.0195. The van der Waals surface area contributed by atoms with Crippen LogP contribution in [0, 0.1) is 23.2 Å². The number of carbonyl (C=O) groups excluding carboxylic acids is 1. The Hall–Kier alpha value is -5.06. The third-order valence-corrected chi connectivity index (χ3v) is 18.0. The minimum atomic E-state index is -5.54. The van der Waals surface area contributed by atoms with Gasteiger partial charge in [-0.2, -0.15) is 22.0 Å². The molecular formula is C58H72F5N3O7S. The van der Waals surface area contributed by atoms with Crippen LogP contribution in [0.1, 0.15) is 137 Å². The zero-order valence-electron chi connectivity index (χ0n) is 42.8. The Balaban J connectivity index is 0.000000201. The van der Waals surface area contributed by atoms with Crippen LogP contribution in [0.2, 0.25) is 0 Å². The molecule has 5 N–H and O–H groups in total. The third-order valence-electron chi connectivity index (χ3n) is 16.5. The number of aliphatic hydroxyl groups excluding tert-OH is 1. The summed E-state index contributed by atoms with van der Waals surface area (Å²) in [4.78, 5) is 16.6.